The molecule has 156 valence electrons. The van der Waals surface area contributed by atoms with Gasteiger partial charge >= 0.3 is 0 Å². The van der Waals surface area contributed by atoms with Crippen molar-refractivity contribution in [3.05, 3.63) is 11.6 Å². The lowest BCUT2D eigenvalue weighted by Gasteiger charge is -2.25. The topological polar surface area (TPSA) is 85.6 Å². The van der Waals surface area contributed by atoms with Gasteiger partial charge in [0.1, 0.15) is 12.4 Å². The van der Waals surface area contributed by atoms with Crippen molar-refractivity contribution < 1.29 is 9.47 Å². The van der Waals surface area contributed by atoms with Crippen LogP contribution in [0.5, 0.6) is 0 Å². The minimum Gasteiger partial charge on any atom is -0.382 e. The van der Waals surface area contributed by atoms with E-state index in [0.29, 0.717) is 25.8 Å². The minimum atomic E-state index is 0. The highest BCUT2D eigenvalue weighted by Crippen LogP contribution is 2.17. The molecule has 1 heterocycles. The second-order valence-corrected chi connectivity index (χ2v) is 6.75. The molecule has 1 aromatic heterocycles. The fraction of sp³-hybridized carbons (Fsp3) is 0.833. The highest BCUT2D eigenvalue weighted by atomic mass is 127. The van der Waals surface area contributed by atoms with E-state index in [1.165, 1.54) is 32.1 Å². The van der Waals surface area contributed by atoms with Crippen LogP contribution in [0.25, 0.3) is 0 Å². The van der Waals surface area contributed by atoms with Crippen molar-refractivity contribution in [1.29, 1.82) is 0 Å². The molecule has 2 rings (SSSR count). The van der Waals surface area contributed by atoms with E-state index in [-0.39, 0.29) is 24.0 Å². The number of aryl methyl sites for hydroxylation is 1. The molecule has 2 N–H and O–H groups in total. The SMILES string of the molecule is COCCOCCCNC(=NCc1nnc(C)n1C)NC1CCCCC1.I. The van der Waals surface area contributed by atoms with Crippen LogP contribution in [0.1, 0.15) is 50.2 Å². The lowest BCUT2D eigenvalue weighted by Crippen LogP contribution is -2.44. The summed E-state index contributed by atoms with van der Waals surface area (Å²) in [7, 11) is 3.66. The Morgan fingerprint density at radius 3 is 2.63 bits per heavy atom. The molecular formula is C18H35IN6O2. The summed E-state index contributed by atoms with van der Waals surface area (Å²) < 4.78 is 12.5. The molecule has 27 heavy (non-hydrogen) atoms. The van der Waals surface area contributed by atoms with Crippen LogP contribution in [0.2, 0.25) is 0 Å². The van der Waals surface area contributed by atoms with Gasteiger partial charge in [-0.1, -0.05) is 19.3 Å². The first-order chi connectivity index (χ1) is 12.7. The third kappa shape index (κ3) is 9.20. The van der Waals surface area contributed by atoms with E-state index < -0.39 is 0 Å². The Morgan fingerprint density at radius 1 is 1.19 bits per heavy atom. The van der Waals surface area contributed by atoms with Crippen LogP contribution in [0.15, 0.2) is 4.99 Å². The van der Waals surface area contributed by atoms with Gasteiger partial charge in [-0.2, -0.15) is 0 Å². The largest absolute Gasteiger partial charge is 0.382 e. The van der Waals surface area contributed by atoms with Crippen molar-refractivity contribution in [3.63, 3.8) is 0 Å². The van der Waals surface area contributed by atoms with Crippen molar-refractivity contribution in [2.75, 3.05) is 33.5 Å². The Balaban J connectivity index is 0.00000364. The summed E-state index contributed by atoms with van der Waals surface area (Å²) in [6.07, 6.45) is 7.28. The zero-order valence-corrected chi connectivity index (χ0v) is 19.2. The number of halogens is 1. The van der Waals surface area contributed by atoms with E-state index in [1.807, 2.05) is 18.5 Å². The normalized spacial score (nSPS) is 15.4. The fourth-order valence-corrected chi connectivity index (χ4v) is 2.96. The van der Waals surface area contributed by atoms with Gasteiger partial charge in [-0.15, -0.1) is 34.2 Å². The van der Waals surface area contributed by atoms with Gasteiger partial charge in [-0.3, -0.25) is 0 Å². The van der Waals surface area contributed by atoms with E-state index in [4.69, 9.17) is 14.5 Å². The predicted octanol–water partition coefficient (Wildman–Crippen LogP) is 2.16. The molecule has 8 nitrogen and oxygen atoms in total. The molecular weight excluding hydrogens is 459 g/mol. The molecule has 1 saturated carbocycles. The summed E-state index contributed by atoms with van der Waals surface area (Å²) in [4.78, 5) is 4.72. The Bertz CT molecular complexity index is 546. The van der Waals surface area contributed by atoms with Crippen LogP contribution in [0.3, 0.4) is 0 Å². The Kier molecular flexibility index (Phi) is 12.6. The first kappa shape index (κ1) is 24.1. The number of ether oxygens (including phenoxy) is 2. The van der Waals surface area contributed by atoms with Crippen LogP contribution in [0, 0.1) is 6.92 Å². The van der Waals surface area contributed by atoms with Crippen LogP contribution in [-0.4, -0.2) is 60.2 Å². The number of nitrogens with zero attached hydrogens (tertiary/aromatic N) is 4. The maximum absolute atomic E-state index is 5.51. The molecule has 0 amide bonds. The maximum Gasteiger partial charge on any atom is 0.191 e. The second-order valence-electron chi connectivity index (χ2n) is 6.75. The molecule has 1 aromatic rings. The van der Waals surface area contributed by atoms with Crippen molar-refractivity contribution in [2.45, 2.75) is 58.0 Å². The predicted molar refractivity (Wildman–Crippen MR) is 118 cm³/mol. The Labute approximate surface area is 179 Å². The highest BCUT2D eigenvalue weighted by molar-refractivity contribution is 14.0. The third-order valence-electron chi connectivity index (χ3n) is 4.70. The van der Waals surface area contributed by atoms with Gasteiger partial charge in [0.15, 0.2) is 11.8 Å². The number of hydrogen-bond acceptors (Lipinski definition) is 5. The molecule has 0 unspecified atom stereocenters. The number of guanidine groups is 1. The standard InChI is InChI=1S/C18H34N6O2.HI/c1-15-22-23-17(24(15)2)14-20-18(21-16-8-5-4-6-9-16)19-10-7-11-26-13-12-25-3;/h16H,4-14H2,1-3H3,(H2,19,20,21);1H. The molecule has 0 atom stereocenters. The zero-order valence-electron chi connectivity index (χ0n) is 16.9. The molecule has 0 saturated heterocycles. The molecule has 1 aliphatic rings. The summed E-state index contributed by atoms with van der Waals surface area (Å²) in [5.41, 5.74) is 0. The third-order valence-corrected chi connectivity index (χ3v) is 4.70. The fourth-order valence-electron chi connectivity index (χ4n) is 2.96. The van der Waals surface area contributed by atoms with Gasteiger partial charge in [0, 0.05) is 33.4 Å². The van der Waals surface area contributed by atoms with Gasteiger partial charge < -0.3 is 24.7 Å². The van der Waals surface area contributed by atoms with Gasteiger partial charge in [-0.25, -0.2) is 4.99 Å². The molecule has 0 spiro atoms. The number of hydrogen-bond donors (Lipinski definition) is 2. The van der Waals surface area contributed by atoms with Crippen LogP contribution >= 0.6 is 24.0 Å². The van der Waals surface area contributed by atoms with Crippen molar-refractivity contribution in [2.24, 2.45) is 12.0 Å². The van der Waals surface area contributed by atoms with E-state index in [1.54, 1.807) is 7.11 Å². The monoisotopic (exact) mass is 494 g/mol. The maximum atomic E-state index is 5.51. The molecule has 0 bridgehead atoms. The smallest absolute Gasteiger partial charge is 0.191 e. The first-order valence-electron chi connectivity index (χ1n) is 9.67. The van der Waals surface area contributed by atoms with Gasteiger partial charge in [0.2, 0.25) is 0 Å². The lowest BCUT2D eigenvalue weighted by atomic mass is 9.96. The molecule has 0 aliphatic heterocycles. The van der Waals surface area contributed by atoms with Gasteiger partial charge in [-0.05, 0) is 26.2 Å². The van der Waals surface area contributed by atoms with Crippen molar-refractivity contribution >= 4 is 29.9 Å². The molecule has 9 heteroatoms. The number of rotatable bonds is 10. The minimum absolute atomic E-state index is 0. The second kappa shape index (κ2) is 14.1. The quantitative estimate of drug-likeness (QED) is 0.225. The van der Waals surface area contributed by atoms with Gasteiger partial charge in [0.25, 0.3) is 0 Å². The zero-order chi connectivity index (χ0) is 18.6. The molecule has 1 fully saturated rings. The van der Waals surface area contributed by atoms with E-state index in [2.05, 4.69) is 20.8 Å². The highest BCUT2D eigenvalue weighted by Gasteiger charge is 2.15. The summed E-state index contributed by atoms with van der Waals surface area (Å²) in [6.45, 7) is 5.29. The molecule has 1 aliphatic carbocycles. The van der Waals surface area contributed by atoms with Crippen LogP contribution in [0.4, 0.5) is 0 Å². The number of methoxy groups -OCH3 is 1. The Morgan fingerprint density at radius 2 is 1.96 bits per heavy atom. The van der Waals surface area contributed by atoms with E-state index >= 15 is 0 Å². The molecule has 0 aromatic carbocycles. The van der Waals surface area contributed by atoms with Crippen molar-refractivity contribution in [1.82, 2.24) is 25.4 Å². The molecule has 0 radical (unpaired) electrons. The van der Waals surface area contributed by atoms with Gasteiger partial charge in [0.05, 0.1) is 13.2 Å². The summed E-state index contributed by atoms with van der Waals surface area (Å²) in [6, 6.07) is 0.509. The van der Waals surface area contributed by atoms with E-state index in [9.17, 15) is 0 Å². The number of aromatic nitrogens is 3. The van der Waals surface area contributed by atoms with Crippen LogP contribution in [-0.2, 0) is 23.1 Å². The first-order valence-corrected chi connectivity index (χ1v) is 9.67. The summed E-state index contributed by atoms with van der Waals surface area (Å²) in [5, 5.41) is 15.3. The summed E-state index contributed by atoms with van der Waals surface area (Å²) >= 11 is 0. The number of aliphatic imine (C=N–C) groups is 1. The summed E-state index contributed by atoms with van der Waals surface area (Å²) in [5.74, 6) is 2.63. The average molecular weight is 494 g/mol. The van der Waals surface area contributed by atoms with E-state index in [0.717, 1.165) is 37.2 Å². The average Bonchev–Trinajstić information content (AvgIpc) is 2.98. The Hall–Kier alpha value is -0.940. The lowest BCUT2D eigenvalue weighted by molar-refractivity contribution is 0.0698. The van der Waals surface area contributed by atoms with Crippen molar-refractivity contribution in [3.8, 4) is 0 Å². The van der Waals surface area contributed by atoms with Crippen LogP contribution < -0.4 is 10.6 Å². The number of nitrogens with one attached hydrogen (secondary N) is 2.